The van der Waals surface area contributed by atoms with Crippen LogP contribution >= 0.6 is 11.6 Å². The van der Waals surface area contributed by atoms with Crippen molar-refractivity contribution in [2.45, 2.75) is 33.2 Å². The van der Waals surface area contributed by atoms with Gasteiger partial charge in [-0.05, 0) is 43.4 Å². The van der Waals surface area contributed by atoms with Crippen LogP contribution in [0.3, 0.4) is 0 Å². The third-order valence-corrected chi connectivity index (χ3v) is 4.45. The number of hydrogen-bond acceptors (Lipinski definition) is 1. The van der Waals surface area contributed by atoms with Crippen LogP contribution in [0.25, 0.3) is 0 Å². The van der Waals surface area contributed by atoms with Crippen molar-refractivity contribution in [1.82, 2.24) is 4.90 Å². The highest BCUT2D eigenvalue weighted by Gasteiger charge is 2.34. The molecule has 1 aromatic rings. The van der Waals surface area contributed by atoms with Gasteiger partial charge >= 0.3 is 0 Å². The molecular formula is C15H20ClNO. The number of benzene rings is 1. The quantitative estimate of drug-likeness (QED) is 0.751. The van der Waals surface area contributed by atoms with Crippen LogP contribution in [0, 0.1) is 19.8 Å². The van der Waals surface area contributed by atoms with Gasteiger partial charge in [-0.3, -0.25) is 4.79 Å². The van der Waals surface area contributed by atoms with Crippen molar-refractivity contribution >= 4 is 17.5 Å². The average molecular weight is 266 g/mol. The Balaban J connectivity index is 2.29. The first kappa shape index (κ1) is 13.4. The van der Waals surface area contributed by atoms with Gasteiger partial charge in [-0.25, -0.2) is 0 Å². The van der Waals surface area contributed by atoms with Crippen molar-refractivity contribution in [3.8, 4) is 0 Å². The minimum absolute atomic E-state index is 0.131. The number of rotatable bonds is 2. The van der Waals surface area contributed by atoms with Crippen LogP contribution in [0.15, 0.2) is 18.2 Å². The predicted molar refractivity (Wildman–Crippen MR) is 75.2 cm³/mol. The number of halogens is 1. The van der Waals surface area contributed by atoms with Crippen LogP contribution in [0.5, 0.6) is 0 Å². The zero-order valence-electron chi connectivity index (χ0n) is 11.2. The highest BCUT2D eigenvalue weighted by molar-refractivity contribution is 6.18. The SMILES string of the molecule is Cc1cccc(C(=O)N2CCC(C)C2CCl)c1C. The zero-order valence-corrected chi connectivity index (χ0v) is 12.0. The van der Waals surface area contributed by atoms with E-state index in [1.165, 1.54) is 0 Å². The Morgan fingerprint density at radius 2 is 2.17 bits per heavy atom. The van der Waals surface area contributed by atoms with Crippen molar-refractivity contribution in [3.05, 3.63) is 34.9 Å². The van der Waals surface area contributed by atoms with Gasteiger partial charge in [-0.15, -0.1) is 11.6 Å². The number of carbonyl (C=O) groups is 1. The molecule has 0 saturated carbocycles. The first-order chi connectivity index (χ1) is 8.56. The van der Waals surface area contributed by atoms with Gasteiger partial charge in [0, 0.05) is 24.0 Å². The molecule has 2 unspecified atom stereocenters. The van der Waals surface area contributed by atoms with Crippen LogP contribution in [0.1, 0.15) is 34.8 Å². The molecule has 1 amide bonds. The fourth-order valence-electron chi connectivity index (χ4n) is 2.63. The van der Waals surface area contributed by atoms with Crippen LogP contribution in [0.2, 0.25) is 0 Å². The number of hydrogen-bond donors (Lipinski definition) is 0. The van der Waals surface area contributed by atoms with E-state index in [1.54, 1.807) is 0 Å². The molecule has 0 spiro atoms. The number of alkyl halides is 1. The Bertz CT molecular complexity index is 458. The van der Waals surface area contributed by atoms with Crippen molar-refractivity contribution in [3.63, 3.8) is 0 Å². The molecule has 2 atom stereocenters. The topological polar surface area (TPSA) is 20.3 Å². The van der Waals surface area contributed by atoms with Crippen LogP contribution < -0.4 is 0 Å². The zero-order chi connectivity index (χ0) is 13.3. The highest BCUT2D eigenvalue weighted by atomic mass is 35.5. The fraction of sp³-hybridized carbons (Fsp3) is 0.533. The highest BCUT2D eigenvalue weighted by Crippen LogP contribution is 2.27. The van der Waals surface area contributed by atoms with Gasteiger partial charge in [-0.1, -0.05) is 19.1 Å². The summed E-state index contributed by atoms with van der Waals surface area (Å²) >= 11 is 6.01. The summed E-state index contributed by atoms with van der Waals surface area (Å²) in [6.07, 6.45) is 1.05. The molecule has 2 nitrogen and oxygen atoms in total. The van der Waals surface area contributed by atoms with E-state index in [-0.39, 0.29) is 11.9 Å². The van der Waals surface area contributed by atoms with Crippen LogP contribution in [-0.2, 0) is 0 Å². The normalized spacial score (nSPS) is 23.4. The number of nitrogens with zero attached hydrogens (tertiary/aromatic N) is 1. The summed E-state index contributed by atoms with van der Waals surface area (Å²) in [6, 6.07) is 6.08. The van der Waals surface area contributed by atoms with E-state index < -0.39 is 0 Å². The first-order valence-electron chi connectivity index (χ1n) is 6.49. The van der Waals surface area contributed by atoms with Gasteiger partial charge in [0.05, 0.1) is 0 Å². The monoisotopic (exact) mass is 265 g/mol. The maximum Gasteiger partial charge on any atom is 0.254 e. The molecule has 1 fully saturated rings. The Morgan fingerprint density at radius 3 is 2.83 bits per heavy atom. The Hall–Kier alpha value is -1.02. The molecule has 0 bridgehead atoms. The lowest BCUT2D eigenvalue weighted by atomic mass is 10.0. The maximum atomic E-state index is 12.6. The van der Waals surface area contributed by atoms with E-state index in [1.807, 2.05) is 36.9 Å². The summed E-state index contributed by atoms with van der Waals surface area (Å²) in [4.78, 5) is 14.5. The number of aryl methyl sites for hydroxylation is 1. The molecule has 1 aromatic carbocycles. The summed E-state index contributed by atoms with van der Waals surface area (Å²) in [7, 11) is 0. The lowest BCUT2D eigenvalue weighted by Crippen LogP contribution is -2.39. The summed E-state index contributed by atoms with van der Waals surface area (Å²) in [5, 5.41) is 0. The largest absolute Gasteiger partial charge is 0.334 e. The van der Waals surface area contributed by atoms with Crippen molar-refractivity contribution in [1.29, 1.82) is 0 Å². The summed E-state index contributed by atoms with van der Waals surface area (Å²) < 4.78 is 0. The van der Waals surface area contributed by atoms with Gasteiger partial charge in [0.1, 0.15) is 0 Å². The molecule has 0 N–H and O–H groups in total. The van der Waals surface area contributed by atoms with Gasteiger partial charge < -0.3 is 4.90 Å². The van der Waals surface area contributed by atoms with Crippen molar-refractivity contribution in [2.75, 3.05) is 12.4 Å². The van der Waals surface area contributed by atoms with E-state index in [2.05, 4.69) is 6.92 Å². The van der Waals surface area contributed by atoms with Crippen molar-refractivity contribution in [2.24, 2.45) is 5.92 Å². The van der Waals surface area contributed by atoms with E-state index in [9.17, 15) is 4.79 Å². The standard InChI is InChI=1S/C15H20ClNO/c1-10-5-4-6-13(12(10)3)15(18)17-8-7-11(2)14(17)9-16/h4-6,11,14H,7-9H2,1-3H3. The molecule has 3 heteroatoms. The molecule has 1 heterocycles. The van der Waals surface area contributed by atoms with E-state index >= 15 is 0 Å². The van der Waals surface area contributed by atoms with E-state index in [4.69, 9.17) is 11.6 Å². The van der Waals surface area contributed by atoms with Crippen LogP contribution in [-0.4, -0.2) is 29.3 Å². The lowest BCUT2D eigenvalue weighted by Gasteiger charge is -2.26. The molecule has 1 aliphatic heterocycles. The van der Waals surface area contributed by atoms with Gasteiger partial charge in [0.2, 0.25) is 0 Å². The lowest BCUT2D eigenvalue weighted by molar-refractivity contribution is 0.0736. The molecule has 0 radical (unpaired) electrons. The van der Waals surface area contributed by atoms with Gasteiger partial charge in [-0.2, -0.15) is 0 Å². The number of amides is 1. The van der Waals surface area contributed by atoms with E-state index in [0.717, 1.165) is 29.7 Å². The molecule has 18 heavy (non-hydrogen) atoms. The summed E-state index contributed by atoms with van der Waals surface area (Å²) in [5.41, 5.74) is 3.06. The van der Waals surface area contributed by atoms with Gasteiger partial charge in [0.25, 0.3) is 5.91 Å². The molecule has 0 aromatic heterocycles. The molecule has 1 aliphatic rings. The Morgan fingerprint density at radius 1 is 1.44 bits per heavy atom. The van der Waals surface area contributed by atoms with E-state index in [0.29, 0.717) is 11.8 Å². The van der Waals surface area contributed by atoms with Crippen molar-refractivity contribution < 1.29 is 4.79 Å². The third kappa shape index (κ3) is 2.26. The first-order valence-corrected chi connectivity index (χ1v) is 7.03. The molecule has 98 valence electrons. The Kier molecular flexibility index (Phi) is 3.96. The molecule has 2 rings (SSSR count). The second kappa shape index (κ2) is 5.31. The summed E-state index contributed by atoms with van der Waals surface area (Å²) in [5.74, 6) is 1.15. The maximum absolute atomic E-state index is 12.6. The average Bonchev–Trinajstić information content (AvgIpc) is 2.73. The van der Waals surface area contributed by atoms with Gasteiger partial charge in [0.15, 0.2) is 0 Å². The Labute approximate surface area is 114 Å². The molecule has 1 saturated heterocycles. The number of likely N-dealkylation sites (tertiary alicyclic amines) is 1. The molecule has 0 aliphatic carbocycles. The minimum Gasteiger partial charge on any atom is -0.334 e. The summed E-state index contributed by atoms with van der Waals surface area (Å²) in [6.45, 7) is 7.05. The minimum atomic E-state index is 0.131. The molecular weight excluding hydrogens is 246 g/mol. The second-order valence-electron chi connectivity index (χ2n) is 5.23. The number of carbonyl (C=O) groups excluding carboxylic acids is 1. The smallest absolute Gasteiger partial charge is 0.254 e. The van der Waals surface area contributed by atoms with Crippen LogP contribution in [0.4, 0.5) is 0 Å². The fourth-order valence-corrected chi connectivity index (χ4v) is 3.10. The third-order valence-electron chi connectivity index (χ3n) is 4.14. The second-order valence-corrected chi connectivity index (χ2v) is 5.54. The predicted octanol–water partition coefficient (Wildman–Crippen LogP) is 3.39.